The van der Waals surface area contributed by atoms with Crippen LogP contribution in [0.5, 0.6) is 0 Å². The van der Waals surface area contributed by atoms with E-state index in [2.05, 4.69) is 17.1 Å². The molecule has 0 saturated heterocycles. The molecule has 1 aromatic carbocycles. The van der Waals surface area contributed by atoms with Crippen LogP contribution >= 0.6 is 0 Å². The number of aromatic nitrogens is 3. The lowest BCUT2D eigenvalue weighted by Crippen LogP contribution is -2.54. The molecule has 150 valence electrons. The van der Waals surface area contributed by atoms with E-state index in [9.17, 15) is 9.90 Å². The summed E-state index contributed by atoms with van der Waals surface area (Å²) in [5.41, 5.74) is -0.960. The van der Waals surface area contributed by atoms with Crippen LogP contribution in [0.15, 0.2) is 24.3 Å². The minimum atomic E-state index is -1.70. The Morgan fingerprint density at radius 2 is 1.59 bits per heavy atom. The Morgan fingerprint density at radius 1 is 1.04 bits per heavy atom. The summed E-state index contributed by atoms with van der Waals surface area (Å²) >= 11 is 0. The number of aliphatic hydroxyl groups is 1. The Hall–Kier alpha value is -1.95. The minimum absolute atomic E-state index is 0.0412. The average molecular weight is 376 g/mol. The van der Waals surface area contributed by atoms with Gasteiger partial charge in [0, 0.05) is 5.41 Å². The molecule has 27 heavy (non-hydrogen) atoms. The van der Waals surface area contributed by atoms with Crippen LogP contribution < -0.4 is 0 Å². The fourth-order valence-corrected chi connectivity index (χ4v) is 2.95. The van der Waals surface area contributed by atoms with Crippen molar-refractivity contribution in [3.63, 3.8) is 0 Å². The number of nitrogens with zero attached hydrogens (tertiary/aromatic N) is 3. The molecule has 1 unspecified atom stereocenters. The molecular weight excluding hydrogens is 342 g/mol. The molecule has 2 rings (SSSR count). The lowest BCUT2D eigenvalue weighted by atomic mass is 9.76. The predicted octanol–water partition coefficient (Wildman–Crippen LogP) is 4.11. The van der Waals surface area contributed by atoms with Crippen molar-refractivity contribution in [2.45, 2.75) is 78.4 Å². The summed E-state index contributed by atoms with van der Waals surface area (Å²) in [6.45, 7) is 7.94. The molecular formula is C21H33N3O3. The first-order valence-electron chi connectivity index (χ1n) is 9.97. The number of unbranched alkanes of at least 4 members (excludes halogenated alkanes) is 5. The smallest absolute Gasteiger partial charge is 0.340 e. The minimum Gasteiger partial charge on any atom is -0.463 e. The molecule has 6 nitrogen and oxygen atoms in total. The van der Waals surface area contributed by atoms with Crippen LogP contribution in [0.3, 0.4) is 0 Å². The number of rotatable bonds is 10. The van der Waals surface area contributed by atoms with E-state index in [1.165, 1.54) is 24.1 Å². The quantitative estimate of drug-likeness (QED) is 0.499. The van der Waals surface area contributed by atoms with E-state index in [1.54, 1.807) is 0 Å². The lowest BCUT2D eigenvalue weighted by molar-refractivity contribution is -0.181. The Labute approximate surface area is 161 Å². The zero-order valence-electron chi connectivity index (χ0n) is 17.1. The summed E-state index contributed by atoms with van der Waals surface area (Å²) in [5.74, 6) is -0.607. The van der Waals surface area contributed by atoms with E-state index in [-0.39, 0.29) is 6.54 Å². The second-order valence-corrected chi connectivity index (χ2v) is 8.23. The molecule has 6 heteroatoms. The topological polar surface area (TPSA) is 77.2 Å². The van der Waals surface area contributed by atoms with E-state index < -0.39 is 17.0 Å². The van der Waals surface area contributed by atoms with Gasteiger partial charge in [-0.2, -0.15) is 15.0 Å². The van der Waals surface area contributed by atoms with Gasteiger partial charge in [0.15, 0.2) is 5.60 Å². The maximum absolute atomic E-state index is 12.7. The zero-order valence-corrected chi connectivity index (χ0v) is 17.1. The number of esters is 1. The number of hydrogen-bond acceptors (Lipinski definition) is 5. The molecule has 1 atom stereocenters. The van der Waals surface area contributed by atoms with Crippen LogP contribution in [-0.2, 0) is 16.1 Å². The molecule has 1 aromatic heterocycles. The fraction of sp³-hybridized carbons (Fsp3) is 0.667. The number of hydrogen-bond donors (Lipinski definition) is 1. The monoisotopic (exact) mass is 375 g/mol. The number of carbonyl (C=O) groups excluding carboxylic acids is 1. The second kappa shape index (κ2) is 9.31. The Morgan fingerprint density at radius 3 is 2.15 bits per heavy atom. The van der Waals surface area contributed by atoms with E-state index in [0.717, 1.165) is 30.3 Å². The number of fused-ring (bicyclic) bond motifs is 1. The van der Waals surface area contributed by atoms with Gasteiger partial charge in [-0.05, 0) is 18.6 Å². The highest BCUT2D eigenvalue weighted by Gasteiger charge is 2.49. The molecule has 0 aliphatic heterocycles. The van der Waals surface area contributed by atoms with Crippen LogP contribution in [-0.4, -0.2) is 38.3 Å². The van der Waals surface area contributed by atoms with Gasteiger partial charge in [0.2, 0.25) is 0 Å². The Balaban J connectivity index is 1.99. The Kier molecular flexibility index (Phi) is 7.36. The third-order valence-electron chi connectivity index (χ3n) is 5.01. The summed E-state index contributed by atoms with van der Waals surface area (Å²) < 4.78 is 5.43. The summed E-state index contributed by atoms with van der Waals surface area (Å²) in [6, 6.07) is 7.47. The molecule has 0 amide bonds. The van der Waals surface area contributed by atoms with Gasteiger partial charge in [0.25, 0.3) is 0 Å². The van der Waals surface area contributed by atoms with Gasteiger partial charge < -0.3 is 9.84 Å². The predicted molar refractivity (Wildman–Crippen MR) is 106 cm³/mol. The first kappa shape index (κ1) is 21.4. The van der Waals surface area contributed by atoms with E-state index in [0.29, 0.717) is 6.61 Å². The SMILES string of the molecule is CCCCCCCCOC(=O)C(O)(Cn1nc2ccccc2n1)C(C)(C)C. The molecule has 0 saturated carbocycles. The van der Waals surface area contributed by atoms with Crippen molar-refractivity contribution in [2.24, 2.45) is 5.41 Å². The van der Waals surface area contributed by atoms with E-state index in [4.69, 9.17) is 4.74 Å². The summed E-state index contributed by atoms with van der Waals surface area (Å²) in [4.78, 5) is 14.1. The molecule has 0 fully saturated rings. The van der Waals surface area contributed by atoms with Crippen LogP contribution in [0, 0.1) is 5.41 Å². The number of benzene rings is 1. The molecule has 0 radical (unpaired) electrons. The molecule has 0 aliphatic rings. The van der Waals surface area contributed by atoms with E-state index >= 15 is 0 Å². The molecule has 1 heterocycles. The molecule has 0 bridgehead atoms. The van der Waals surface area contributed by atoms with Crippen molar-refractivity contribution in [3.05, 3.63) is 24.3 Å². The summed E-state index contributed by atoms with van der Waals surface area (Å²) in [5, 5.41) is 19.9. The maximum Gasteiger partial charge on any atom is 0.340 e. The van der Waals surface area contributed by atoms with Crippen LogP contribution in [0.2, 0.25) is 0 Å². The molecule has 0 aliphatic carbocycles. The normalized spacial score (nSPS) is 14.3. The molecule has 0 spiro atoms. The van der Waals surface area contributed by atoms with Gasteiger partial charge in [-0.1, -0.05) is 71.9 Å². The first-order valence-corrected chi connectivity index (χ1v) is 9.97. The van der Waals surface area contributed by atoms with Crippen molar-refractivity contribution in [1.29, 1.82) is 0 Å². The standard InChI is InChI=1S/C21H33N3O3/c1-5-6-7-8-9-12-15-27-19(25)21(26,20(2,3)4)16-24-22-17-13-10-11-14-18(17)23-24/h10-11,13-14,26H,5-9,12,15-16H2,1-4H3. The third-order valence-corrected chi connectivity index (χ3v) is 5.01. The van der Waals surface area contributed by atoms with Gasteiger partial charge >= 0.3 is 5.97 Å². The average Bonchev–Trinajstić information content (AvgIpc) is 3.01. The second-order valence-electron chi connectivity index (χ2n) is 8.23. The van der Waals surface area contributed by atoms with Crippen molar-refractivity contribution < 1.29 is 14.6 Å². The number of ether oxygens (including phenoxy) is 1. The zero-order chi connectivity index (χ0) is 19.9. The third kappa shape index (κ3) is 5.51. The highest BCUT2D eigenvalue weighted by atomic mass is 16.5. The molecule has 2 aromatic rings. The van der Waals surface area contributed by atoms with Crippen molar-refractivity contribution in [2.75, 3.05) is 6.61 Å². The fourth-order valence-electron chi connectivity index (χ4n) is 2.95. The van der Waals surface area contributed by atoms with Crippen LogP contribution in [0.4, 0.5) is 0 Å². The van der Waals surface area contributed by atoms with Gasteiger partial charge in [0.1, 0.15) is 17.6 Å². The van der Waals surface area contributed by atoms with Gasteiger partial charge in [-0.15, -0.1) is 0 Å². The van der Waals surface area contributed by atoms with Crippen LogP contribution in [0.1, 0.15) is 66.2 Å². The lowest BCUT2D eigenvalue weighted by Gasteiger charge is -2.37. The van der Waals surface area contributed by atoms with E-state index in [1.807, 2.05) is 45.0 Å². The largest absolute Gasteiger partial charge is 0.463 e. The number of carbonyl (C=O) groups is 1. The summed E-state index contributed by atoms with van der Waals surface area (Å²) in [6.07, 6.45) is 6.68. The molecule has 1 N–H and O–H groups in total. The highest BCUT2D eigenvalue weighted by Crippen LogP contribution is 2.33. The van der Waals surface area contributed by atoms with Crippen molar-refractivity contribution in [3.8, 4) is 0 Å². The highest BCUT2D eigenvalue weighted by molar-refractivity contribution is 5.80. The van der Waals surface area contributed by atoms with Crippen molar-refractivity contribution in [1.82, 2.24) is 15.0 Å². The first-order chi connectivity index (χ1) is 12.8. The van der Waals surface area contributed by atoms with Gasteiger partial charge in [-0.3, -0.25) is 0 Å². The van der Waals surface area contributed by atoms with Gasteiger partial charge in [0.05, 0.1) is 6.61 Å². The Bertz CT molecular complexity index is 703. The van der Waals surface area contributed by atoms with Gasteiger partial charge in [-0.25, -0.2) is 4.79 Å². The van der Waals surface area contributed by atoms with Crippen molar-refractivity contribution >= 4 is 17.0 Å². The maximum atomic E-state index is 12.7. The summed E-state index contributed by atoms with van der Waals surface area (Å²) in [7, 11) is 0. The van der Waals surface area contributed by atoms with Crippen LogP contribution in [0.25, 0.3) is 11.0 Å².